The number of nitrogens with zero attached hydrogens (tertiary/aromatic N) is 1. The van der Waals surface area contributed by atoms with Crippen LogP contribution in [0.5, 0.6) is 0 Å². The highest BCUT2D eigenvalue weighted by Crippen LogP contribution is 2.24. The Balaban J connectivity index is 2.37. The van der Waals surface area contributed by atoms with Gasteiger partial charge in [0.05, 0.1) is 0 Å². The molecule has 0 amide bonds. The SMILES string of the molecule is CCCC(C)(CNC)CN(C)CC1CCOCC1. The van der Waals surface area contributed by atoms with Crippen molar-refractivity contribution in [3.05, 3.63) is 0 Å². The van der Waals surface area contributed by atoms with E-state index in [1.165, 1.54) is 38.8 Å². The van der Waals surface area contributed by atoms with E-state index in [4.69, 9.17) is 4.74 Å². The van der Waals surface area contributed by atoms with Crippen LogP contribution in [0.4, 0.5) is 0 Å². The predicted molar refractivity (Wildman–Crippen MR) is 78.0 cm³/mol. The van der Waals surface area contributed by atoms with Crippen LogP contribution < -0.4 is 5.32 Å². The highest BCUT2D eigenvalue weighted by atomic mass is 16.5. The van der Waals surface area contributed by atoms with Crippen LogP contribution in [0.3, 0.4) is 0 Å². The number of hydrogen-bond donors (Lipinski definition) is 1. The molecule has 1 rings (SSSR count). The van der Waals surface area contributed by atoms with E-state index in [0.717, 1.165) is 25.7 Å². The first-order chi connectivity index (χ1) is 8.59. The standard InChI is InChI=1S/C15H32N2O/c1-5-8-15(2,12-16-3)13-17(4)11-14-6-9-18-10-7-14/h14,16H,5-13H2,1-4H3. The van der Waals surface area contributed by atoms with Crippen molar-refractivity contribution in [2.24, 2.45) is 11.3 Å². The summed E-state index contributed by atoms with van der Waals surface area (Å²) in [6, 6.07) is 0. The lowest BCUT2D eigenvalue weighted by atomic mass is 9.84. The zero-order chi connectivity index (χ0) is 13.4. The second-order valence-corrected chi connectivity index (χ2v) is 6.34. The minimum Gasteiger partial charge on any atom is -0.381 e. The van der Waals surface area contributed by atoms with Gasteiger partial charge in [-0.2, -0.15) is 0 Å². The molecule has 1 heterocycles. The van der Waals surface area contributed by atoms with Gasteiger partial charge in [-0.1, -0.05) is 20.3 Å². The van der Waals surface area contributed by atoms with Crippen LogP contribution in [0.15, 0.2) is 0 Å². The molecule has 0 aromatic carbocycles. The molecule has 0 aliphatic carbocycles. The van der Waals surface area contributed by atoms with Crippen LogP contribution in [-0.4, -0.2) is 51.8 Å². The molecule has 0 aromatic heterocycles. The molecular weight excluding hydrogens is 224 g/mol. The monoisotopic (exact) mass is 256 g/mol. The van der Waals surface area contributed by atoms with Crippen LogP contribution in [0.25, 0.3) is 0 Å². The van der Waals surface area contributed by atoms with E-state index in [2.05, 4.69) is 38.2 Å². The first kappa shape index (κ1) is 15.9. The summed E-state index contributed by atoms with van der Waals surface area (Å²) < 4.78 is 5.43. The molecule has 0 bridgehead atoms. The molecule has 1 N–H and O–H groups in total. The molecule has 3 heteroatoms. The molecule has 1 fully saturated rings. The third kappa shape index (κ3) is 5.68. The highest BCUT2D eigenvalue weighted by Gasteiger charge is 2.25. The number of rotatable bonds is 8. The van der Waals surface area contributed by atoms with Crippen LogP contribution in [-0.2, 0) is 4.74 Å². The second kappa shape index (κ2) is 8.13. The third-order valence-corrected chi connectivity index (χ3v) is 4.02. The number of nitrogens with one attached hydrogen (secondary N) is 1. The average molecular weight is 256 g/mol. The lowest BCUT2D eigenvalue weighted by molar-refractivity contribution is 0.0497. The molecule has 0 aromatic rings. The fourth-order valence-electron chi connectivity index (χ4n) is 3.34. The van der Waals surface area contributed by atoms with Crippen LogP contribution >= 0.6 is 0 Å². The van der Waals surface area contributed by atoms with Crippen molar-refractivity contribution in [1.82, 2.24) is 10.2 Å². The molecule has 108 valence electrons. The molecule has 1 saturated heterocycles. The van der Waals surface area contributed by atoms with Gasteiger partial charge in [0.2, 0.25) is 0 Å². The Morgan fingerprint density at radius 1 is 1.33 bits per heavy atom. The molecule has 1 atom stereocenters. The van der Waals surface area contributed by atoms with Crippen LogP contribution in [0, 0.1) is 11.3 Å². The molecule has 0 saturated carbocycles. The quantitative estimate of drug-likeness (QED) is 0.721. The maximum atomic E-state index is 5.43. The van der Waals surface area contributed by atoms with E-state index in [-0.39, 0.29) is 0 Å². The summed E-state index contributed by atoms with van der Waals surface area (Å²) in [5.41, 5.74) is 0.406. The van der Waals surface area contributed by atoms with Gasteiger partial charge in [-0.25, -0.2) is 0 Å². The third-order valence-electron chi connectivity index (χ3n) is 4.02. The molecule has 0 radical (unpaired) electrons. The van der Waals surface area contributed by atoms with E-state index in [1.54, 1.807) is 0 Å². The van der Waals surface area contributed by atoms with Crippen molar-refractivity contribution in [3.8, 4) is 0 Å². The maximum absolute atomic E-state index is 5.43. The summed E-state index contributed by atoms with van der Waals surface area (Å²) >= 11 is 0. The normalized spacial score (nSPS) is 21.2. The summed E-state index contributed by atoms with van der Waals surface area (Å²) in [4.78, 5) is 2.53. The first-order valence-corrected chi connectivity index (χ1v) is 7.50. The smallest absolute Gasteiger partial charge is 0.0469 e. The van der Waals surface area contributed by atoms with Crippen LogP contribution in [0.2, 0.25) is 0 Å². The highest BCUT2D eigenvalue weighted by molar-refractivity contribution is 4.80. The van der Waals surface area contributed by atoms with E-state index in [9.17, 15) is 0 Å². The fourth-order valence-corrected chi connectivity index (χ4v) is 3.34. The summed E-state index contributed by atoms with van der Waals surface area (Å²) in [6.45, 7) is 10.1. The van der Waals surface area contributed by atoms with E-state index >= 15 is 0 Å². The molecule has 0 spiro atoms. The topological polar surface area (TPSA) is 24.5 Å². The molecular formula is C15H32N2O. The molecule has 18 heavy (non-hydrogen) atoms. The summed E-state index contributed by atoms with van der Waals surface area (Å²) in [5.74, 6) is 0.837. The van der Waals surface area contributed by atoms with Gasteiger partial charge in [-0.15, -0.1) is 0 Å². The van der Waals surface area contributed by atoms with Crippen molar-refractivity contribution in [3.63, 3.8) is 0 Å². The Hall–Kier alpha value is -0.120. The Labute approximate surface area is 113 Å². The summed E-state index contributed by atoms with van der Waals surface area (Å²) in [6.07, 6.45) is 5.04. The maximum Gasteiger partial charge on any atom is 0.0469 e. The Kier molecular flexibility index (Phi) is 7.20. The fraction of sp³-hybridized carbons (Fsp3) is 1.00. The lowest BCUT2D eigenvalue weighted by Crippen LogP contribution is -2.42. The van der Waals surface area contributed by atoms with E-state index in [0.29, 0.717) is 5.41 Å². The van der Waals surface area contributed by atoms with Gasteiger partial charge in [0, 0.05) is 32.8 Å². The van der Waals surface area contributed by atoms with E-state index in [1.807, 2.05) is 0 Å². The Morgan fingerprint density at radius 2 is 2.00 bits per heavy atom. The van der Waals surface area contributed by atoms with Gasteiger partial charge in [0.25, 0.3) is 0 Å². The van der Waals surface area contributed by atoms with E-state index < -0.39 is 0 Å². The van der Waals surface area contributed by atoms with Gasteiger partial charge in [0.1, 0.15) is 0 Å². The van der Waals surface area contributed by atoms with Crippen molar-refractivity contribution in [1.29, 1.82) is 0 Å². The molecule has 1 aliphatic rings. The predicted octanol–water partition coefficient (Wildman–Crippen LogP) is 2.37. The minimum atomic E-state index is 0.406. The molecule has 3 nitrogen and oxygen atoms in total. The average Bonchev–Trinajstić information content (AvgIpc) is 2.30. The zero-order valence-electron chi connectivity index (χ0n) is 12.8. The Bertz CT molecular complexity index is 209. The second-order valence-electron chi connectivity index (χ2n) is 6.34. The summed E-state index contributed by atoms with van der Waals surface area (Å²) in [7, 11) is 4.34. The zero-order valence-corrected chi connectivity index (χ0v) is 12.8. The van der Waals surface area contributed by atoms with Gasteiger partial charge in [-0.05, 0) is 44.7 Å². The van der Waals surface area contributed by atoms with Crippen LogP contribution in [0.1, 0.15) is 39.5 Å². The Morgan fingerprint density at radius 3 is 2.56 bits per heavy atom. The van der Waals surface area contributed by atoms with Crippen molar-refractivity contribution < 1.29 is 4.74 Å². The largest absolute Gasteiger partial charge is 0.381 e. The van der Waals surface area contributed by atoms with Crippen molar-refractivity contribution in [2.45, 2.75) is 39.5 Å². The van der Waals surface area contributed by atoms with Crippen molar-refractivity contribution in [2.75, 3.05) is 46.9 Å². The number of hydrogen-bond acceptors (Lipinski definition) is 3. The lowest BCUT2D eigenvalue weighted by Gasteiger charge is -2.36. The minimum absolute atomic E-state index is 0.406. The van der Waals surface area contributed by atoms with Gasteiger partial charge >= 0.3 is 0 Å². The van der Waals surface area contributed by atoms with Gasteiger partial charge in [0.15, 0.2) is 0 Å². The summed E-state index contributed by atoms with van der Waals surface area (Å²) in [5, 5.41) is 3.36. The van der Waals surface area contributed by atoms with Gasteiger partial charge < -0.3 is 15.0 Å². The van der Waals surface area contributed by atoms with Gasteiger partial charge in [-0.3, -0.25) is 0 Å². The molecule has 1 unspecified atom stereocenters. The van der Waals surface area contributed by atoms with Crippen molar-refractivity contribution >= 4 is 0 Å². The molecule has 1 aliphatic heterocycles. The first-order valence-electron chi connectivity index (χ1n) is 7.50. The number of ether oxygens (including phenoxy) is 1.